The van der Waals surface area contributed by atoms with E-state index in [1.807, 2.05) is 54.2 Å². The average Bonchev–Trinajstić information content (AvgIpc) is 3.54. The van der Waals surface area contributed by atoms with E-state index in [9.17, 15) is 5.11 Å². The Hall–Kier alpha value is -2.30. The first-order chi connectivity index (χ1) is 16.7. The number of aromatic nitrogens is 1. The zero-order valence-corrected chi connectivity index (χ0v) is 20.4. The first-order valence-corrected chi connectivity index (χ1v) is 12.8. The molecule has 3 aromatic rings. The fourth-order valence-corrected chi connectivity index (χ4v) is 4.90. The molecule has 184 valence electrons. The first kappa shape index (κ1) is 24.8. The van der Waals surface area contributed by atoms with Crippen LogP contribution in [-0.2, 0) is 22.6 Å². The van der Waals surface area contributed by atoms with Gasteiger partial charge in [0.15, 0.2) is 0 Å². The fraction of sp³-hybridized carbons (Fsp3) is 0.480. The van der Waals surface area contributed by atoms with E-state index in [2.05, 4.69) is 15.0 Å². The van der Waals surface area contributed by atoms with Crippen molar-refractivity contribution in [3.05, 3.63) is 60.1 Å². The van der Waals surface area contributed by atoms with E-state index in [1.165, 1.54) is 0 Å². The molecule has 0 radical (unpaired) electrons. The predicted molar refractivity (Wildman–Crippen MR) is 133 cm³/mol. The maximum Gasteiger partial charge on any atom is 0.232 e. The lowest BCUT2D eigenvalue weighted by Gasteiger charge is -2.29. The summed E-state index contributed by atoms with van der Waals surface area (Å²) in [6, 6.07) is 13.8. The van der Waals surface area contributed by atoms with E-state index in [4.69, 9.17) is 18.4 Å². The van der Waals surface area contributed by atoms with Crippen molar-refractivity contribution in [3.8, 4) is 11.3 Å². The SMILES string of the molecule is COCCN(Cc1c(-c2ccccc2)noc1N1CCSCC1)CC(O)COCc1ccco1. The topological polar surface area (TPSA) is 84.3 Å². The zero-order valence-electron chi connectivity index (χ0n) is 19.6. The molecule has 4 rings (SSSR count). The second-order valence-corrected chi connectivity index (χ2v) is 9.48. The molecule has 0 amide bonds. The summed E-state index contributed by atoms with van der Waals surface area (Å²) in [6.07, 6.45) is 0.963. The van der Waals surface area contributed by atoms with Crippen LogP contribution in [0, 0.1) is 0 Å². The van der Waals surface area contributed by atoms with Crippen LogP contribution in [0.1, 0.15) is 11.3 Å². The van der Waals surface area contributed by atoms with Crippen LogP contribution in [0.5, 0.6) is 0 Å². The number of thioether (sulfide) groups is 1. The molecule has 1 N–H and O–H groups in total. The Morgan fingerprint density at radius 1 is 1.18 bits per heavy atom. The summed E-state index contributed by atoms with van der Waals surface area (Å²) in [7, 11) is 1.69. The summed E-state index contributed by atoms with van der Waals surface area (Å²) in [5.74, 6) is 3.70. The molecule has 1 aromatic carbocycles. The molecule has 0 aliphatic carbocycles. The average molecular weight is 488 g/mol. The fourth-order valence-electron chi connectivity index (χ4n) is 4.00. The van der Waals surface area contributed by atoms with E-state index in [1.54, 1.807) is 13.4 Å². The minimum absolute atomic E-state index is 0.218. The number of nitrogens with zero attached hydrogens (tertiary/aromatic N) is 3. The Bertz CT molecular complexity index is 960. The molecular weight excluding hydrogens is 454 g/mol. The number of aliphatic hydroxyl groups excluding tert-OH is 1. The van der Waals surface area contributed by atoms with Gasteiger partial charge >= 0.3 is 0 Å². The van der Waals surface area contributed by atoms with Crippen molar-refractivity contribution in [2.45, 2.75) is 19.3 Å². The monoisotopic (exact) mass is 487 g/mol. The van der Waals surface area contributed by atoms with Crippen molar-refractivity contribution >= 4 is 17.6 Å². The van der Waals surface area contributed by atoms with Crippen LogP contribution in [0.25, 0.3) is 11.3 Å². The molecule has 1 fully saturated rings. The van der Waals surface area contributed by atoms with E-state index in [0.29, 0.717) is 32.8 Å². The number of ether oxygens (including phenoxy) is 2. The van der Waals surface area contributed by atoms with Gasteiger partial charge in [-0.05, 0) is 12.1 Å². The lowest BCUT2D eigenvalue weighted by atomic mass is 10.1. The van der Waals surface area contributed by atoms with Gasteiger partial charge in [0.25, 0.3) is 0 Å². The first-order valence-electron chi connectivity index (χ1n) is 11.6. The molecular formula is C25H33N3O5S. The van der Waals surface area contributed by atoms with Crippen molar-refractivity contribution in [2.24, 2.45) is 0 Å². The minimum Gasteiger partial charge on any atom is -0.467 e. The van der Waals surface area contributed by atoms with Crippen LogP contribution >= 0.6 is 11.8 Å². The molecule has 0 saturated carbocycles. The van der Waals surface area contributed by atoms with Crippen LogP contribution in [0.2, 0.25) is 0 Å². The van der Waals surface area contributed by atoms with Crippen LogP contribution in [-0.4, -0.2) is 79.3 Å². The standard InChI is InChI=1S/C25H33N3O5S/c1-30-13-9-27(16-21(29)18-31-19-22-8-5-12-32-22)17-23-24(20-6-3-2-4-7-20)26-33-25(23)28-10-14-34-15-11-28/h2-8,12,21,29H,9-11,13-19H2,1H3. The van der Waals surface area contributed by atoms with Gasteiger partial charge in [-0.3, -0.25) is 4.90 Å². The Morgan fingerprint density at radius 2 is 2.00 bits per heavy atom. The molecule has 0 bridgehead atoms. The molecule has 1 unspecified atom stereocenters. The number of anilines is 1. The van der Waals surface area contributed by atoms with E-state index in [0.717, 1.165) is 53.1 Å². The number of rotatable bonds is 13. The van der Waals surface area contributed by atoms with Crippen molar-refractivity contribution < 1.29 is 23.5 Å². The molecule has 9 heteroatoms. The van der Waals surface area contributed by atoms with E-state index >= 15 is 0 Å². The van der Waals surface area contributed by atoms with Crippen molar-refractivity contribution in [2.75, 3.05) is 62.9 Å². The summed E-state index contributed by atoms with van der Waals surface area (Å²) in [6.45, 7) is 4.67. The smallest absolute Gasteiger partial charge is 0.232 e. The predicted octanol–water partition coefficient (Wildman–Crippen LogP) is 3.51. The molecule has 1 atom stereocenters. The van der Waals surface area contributed by atoms with Crippen LogP contribution in [0.3, 0.4) is 0 Å². The second-order valence-electron chi connectivity index (χ2n) is 8.26. The Labute approximate surface area is 204 Å². The van der Waals surface area contributed by atoms with Gasteiger partial charge in [0.1, 0.15) is 18.1 Å². The van der Waals surface area contributed by atoms with E-state index < -0.39 is 6.10 Å². The molecule has 1 aliphatic rings. The maximum atomic E-state index is 10.7. The molecule has 0 spiro atoms. The molecule has 8 nitrogen and oxygen atoms in total. The van der Waals surface area contributed by atoms with Crippen molar-refractivity contribution in [1.82, 2.24) is 10.1 Å². The highest BCUT2D eigenvalue weighted by molar-refractivity contribution is 7.99. The normalized spacial score (nSPS) is 15.2. The number of aliphatic hydroxyl groups is 1. The molecule has 1 saturated heterocycles. The number of hydrogen-bond donors (Lipinski definition) is 1. The van der Waals surface area contributed by atoms with Gasteiger partial charge in [0.05, 0.1) is 31.1 Å². The molecule has 2 aromatic heterocycles. The van der Waals surface area contributed by atoms with Gasteiger partial charge < -0.3 is 28.4 Å². The number of hydrogen-bond acceptors (Lipinski definition) is 9. The van der Waals surface area contributed by atoms with Crippen molar-refractivity contribution in [1.29, 1.82) is 0 Å². The second kappa shape index (κ2) is 13.0. The van der Waals surface area contributed by atoms with Crippen LogP contribution < -0.4 is 4.90 Å². The largest absolute Gasteiger partial charge is 0.467 e. The summed E-state index contributed by atoms with van der Waals surface area (Å²) in [4.78, 5) is 4.45. The third-order valence-corrected chi connectivity index (χ3v) is 6.65. The molecule has 3 heterocycles. The Kier molecular flexibility index (Phi) is 9.46. The number of benzene rings is 1. The summed E-state index contributed by atoms with van der Waals surface area (Å²) >= 11 is 1.96. The molecule has 1 aliphatic heterocycles. The van der Waals surface area contributed by atoms with Crippen LogP contribution in [0.15, 0.2) is 57.7 Å². The summed E-state index contributed by atoms with van der Waals surface area (Å²) in [5, 5.41) is 15.2. The van der Waals surface area contributed by atoms with Gasteiger partial charge in [-0.25, -0.2) is 0 Å². The lowest BCUT2D eigenvalue weighted by Crippen LogP contribution is -2.37. The highest BCUT2D eigenvalue weighted by Crippen LogP contribution is 2.33. The van der Waals surface area contributed by atoms with Gasteiger partial charge in [0.2, 0.25) is 5.88 Å². The lowest BCUT2D eigenvalue weighted by molar-refractivity contribution is 0.000505. The Morgan fingerprint density at radius 3 is 2.74 bits per heavy atom. The number of methoxy groups -OCH3 is 1. The quantitative estimate of drug-likeness (QED) is 0.389. The zero-order chi connectivity index (χ0) is 23.6. The highest BCUT2D eigenvalue weighted by Gasteiger charge is 2.26. The van der Waals surface area contributed by atoms with Crippen molar-refractivity contribution in [3.63, 3.8) is 0 Å². The Balaban J connectivity index is 1.49. The number of furan rings is 1. The maximum absolute atomic E-state index is 10.7. The summed E-state index contributed by atoms with van der Waals surface area (Å²) in [5.41, 5.74) is 2.91. The van der Waals surface area contributed by atoms with E-state index in [-0.39, 0.29) is 6.61 Å². The summed E-state index contributed by atoms with van der Waals surface area (Å²) < 4.78 is 22.2. The van der Waals surface area contributed by atoms with Gasteiger partial charge in [0, 0.05) is 56.9 Å². The van der Waals surface area contributed by atoms with Gasteiger partial charge in [-0.15, -0.1) is 0 Å². The highest BCUT2D eigenvalue weighted by atomic mass is 32.2. The van der Waals surface area contributed by atoms with Gasteiger partial charge in [-0.2, -0.15) is 11.8 Å². The van der Waals surface area contributed by atoms with Crippen LogP contribution in [0.4, 0.5) is 5.88 Å². The third kappa shape index (κ3) is 6.86. The third-order valence-electron chi connectivity index (χ3n) is 5.71. The molecule has 34 heavy (non-hydrogen) atoms. The van der Waals surface area contributed by atoms with Gasteiger partial charge in [-0.1, -0.05) is 35.5 Å². The minimum atomic E-state index is -0.651.